The molecule has 0 aromatic carbocycles. The predicted octanol–water partition coefficient (Wildman–Crippen LogP) is -0.204. The highest BCUT2D eigenvalue weighted by Crippen LogP contribution is 2.16. The number of aromatic nitrogens is 5. The van der Waals surface area contributed by atoms with Gasteiger partial charge in [-0.15, -0.1) is 0 Å². The molecule has 3 rings (SSSR count). The number of nitrogens with two attached hydrogens (primary N) is 1. The topological polar surface area (TPSA) is 107 Å². The van der Waals surface area contributed by atoms with Crippen LogP contribution in [0.2, 0.25) is 0 Å². The van der Waals surface area contributed by atoms with Gasteiger partial charge in [0.1, 0.15) is 6.33 Å². The van der Waals surface area contributed by atoms with Crippen molar-refractivity contribution in [3.8, 4) is 5.95 Å². The van der Waals surface area contributed by atoms with Crippen LogP contribution in [0.4, 0.5) is 11.9 Å². The van der Waals surface area contributed by atoms with Gasteiger partial charge in [-0.1, -0.05) is 0 Å². The number of aryl methyl sites for hydroxylation is 1. The summed E-state index contributed by atoms with van der Waals surface area (Å²) in [6.07, 6.45) is 1.70. The third-order valence-electron chi connectivity index (χ3n) is 3.50. The Bertz CT molecular complexity index is 634. The number of nitrogens with zero attached hydrogens (tertiary/aromatic N) is 6. The largest absolute Gasteiger partial charge is 0.378 e. The van der Waals surface area contributed by atoms with E-state index in [1.54, 1.807) is 6.33 Å². The highest BCUT2D eigenvalue weighted by Gasteiger charge is 2.17. The summed E-state index contributed by atoms with van der Waals surface area (Å²) in [7, 11) is 0. The average molecular weight is 290 g/mol. The van der Waals surface area contributed by atoms with Crippen molar-refractivity contribution in [1.29, 1.82) is 0 Å². The van der Waals surface area contributed by atoms with Gasteiger partial charge in [0.05, 0.1) is 18.9 Å². The Labute approximate surface area is 122 Å². The molecule has 112 valence electrons. The van der Waals surface area contributed by atoms with E-state index in [1.165, 1.54) is 0 Å². The molecule has 21 heavy (non-hydrogen) atoms. The molecule has 0 radical (unpaired) electrons. The number of ether oxygens (including phenoxy) is 1. The minimum Gasteiger partial charge on any atom is -0.378 e. The van der Waals surface area contributed by atoms with Gasteiger partial charge in [0.15, 0.2) is 0 Å². The lowest BCUT2D eigenvalue weighted by molar-refractivity contribution is 0.122. The van der Waals surface area contributed by atoms with Gasteiger partial charge in [0, 0.05) is 18.8 Å². The van der Waals surface area contributed by atoms with E-state index in [2.05, 4.69) is 30.3 Å². The van der Waals surface area contributed by atoms with Crippen molar-refractivity contribution in [2.75, 3.05) is 36.6 Å². The van der Waals surface area contributed by atoms with Crippen molar-refractivity contribution >= 4 is 11.9 Å². The molecule has 2 aromatic rings. The van der Waals surface area contributed by atoms with Crippen LogP contribution in [-0.2, 0) is 4.74 Å². The van der Waals surface area contributed by atoms with Crippen molar-refractivity contribution in [2.24, 2.45) is 5.84 Å². The zero-order chi connectivity index (χ0) is 14.8. The number of hydrazine groups is 1. The van der Waals surface area contributed by atoms with E-state index in [4.69, 9.17) is 10.6 Å². The fraction of sp³-hybridized carbons (Fsp3) is 0.500. The molecule has 1 fully saturated rings. The van der Waals surface area contributed by atoms with Gasteiger partial charge in [-0.3, -0.25) is 9.99 Å². The Kier molecular flexibility index (Phi) is 3.67. The Morgan fingerprint density at radius 3 is 2.48 bits per heavy atom. The van der Waals surface area contributed by atoms with Crippen LogP contribution in [0.25, 0.3) is 5.95 Å². The lowest BCUT2D eigenvalue weighted by Gasteiger charge is -2.27. The number of morpholine rings is 1. The van der Waals surface area contributed by atoms with Crippen molar-refractivity contribution < 1.29 is 4.74 Å². The molecular weight excluding hydrogens is 272 g/mol. The Morgan fingerprint density at radius 1 is 1.14 bits per heavy atom. The highest BCUT2D eigenvalue weighted by atomic mass is 16.5. The van der Waals surface area contributed by atoms with E-state index in [-0.39, 0.29) is 0 Å². The normalized spacial score (nSPS) is 15.3. The SMILES string of the molecule is Cc1ncn(-c2nc(NN)nc(N3CCOCC3)n2)c1C. The van der Waals surface area contributed by atoms with Crippen molar-refractivity contribution in [3.63, 3.8) is 0 Å². The smallest absolute Gasteiger partial charge is 0.243 e. The summed E-state index contributed by atoms with van der Waals surface area (Å²) in [6.45, 7) is 6.73. The van der Waals surface area contributed by atoms with Gasteiger partial charge >= 0.3 is 0 Å². The molecule has 2 aromatic heterocycles. The molecule has 1 aliphatic rings. The van der Waals surface area contributed by atoms with Crippen LogP contribution in [0.3, 0.4) is 0 Å². The number of hydrogen-bond acceptors (Lipinski definition) is 8. The summed E-state index contributed by atoms with van der Waals surface area (Å²) in [4.78, 5) is 19.5. The summed E-state index contributed by atoms with van der Waals surface area (Å²) in [5.41, 5.74) is 4.41. The maximum Gasteiger partial charge on any atom is 0.243 e. The second-order valence-corrected chi connectivity index (χ2v) is 4.79. The number of hydrogen-bond donors (Lipinski definition) is 2. The van der Waals surface area contributed by atoms with E-state index >= 15 is 0 Å². The minimum atomic E-state index is 0.326. The lowest BCUT2D eigenvalue weighted by atomic mass is 10.4. The van der Waals surface area contributed by atoms with Crippen molar-refractivity contribution in [3.05, 3.63) is 17.7 Å². The Morgan fingerprint density at radius 2 is 1.86 bits per heavy atom. The lowest BCUT2D eigenvalue weighted by Crippen LogP contribution is -2.37. The first-order valence-electron chi connectivity index (χ1n) is 6.75. The molecule has 0 spiro atoms. The quantitative estimate of drug-likeness (QED) is 0.591. The van der Waals surface area contributed by atoms with E-state index < -0.39 is 0 Å². The summed E-state index contributed by atoms with van der Waals surface area (Å²) in [5, 5.41) is 0. The van der Waals surface area contributed by atoms with Crippen LogP contribution in [0, 0.1) is 13.8 Å². The first-order chi connectivity index (χ1) is 10.2. The zero-order valence-electron chi connectivity index (χ0n) is 12.1. The van der Waals surface area contributed by atoms with Crippen LogP contribution in [0.5, 0.6) is 0 Å². The second-order valence-electron chi connectivity index (χ2n) is 4.79. The van der Waals surface area contributed by atoms with E-state index in [1.807, 2.05) is 18.4 Å². The first kappa shape index (κ1) is 13.7. The molecule has 0 aliphatic carbocycles. The number of anilines is 2. The second kappa shape index (κ2) is 5.62. The van der Waals surface area contributed by atoms with Crippen LogP contribution < -0.4 is 16.2 Å². The molecule has 3 heterocycles. The summed E-state index contributed by atoms with van der Waals surface area (Å²) >= 11 is 0. The van der Waals surface area contributed by atoms with Crippen LogP contribution in [-0.4, -0.2) is 50.8 Å². The van der Waals surface area contributed by atoms with Gasteiger partial charge in [-0.2, -0.15) is 15.0 Å². The molecule has 9 nitrogen and oxygen atoms in total. The Balaban J connectivity index is 2.02. The van der Waals surface area contributed by atoms with Gasteiger partial charge in [-0.05, 0) is 13.8 Å². The zero-order valence-corrected chi connectivity index (χ0v) is 12.1. The number of rotatable bonds is 3. The summed E-state index contributed by atoms with van der Waals surface area (Å²) in [6, 6.07) is 0. The van der Waals surface area contributed by atoms with Crippen LogP contribution in [0.1, 0.15) is 11.4 Å². The third kappa shape index (κ3) is 2.65. The predicted molar refractivity (Wildman–Crippen MR) is 77.3 cm³/mol. The minimum absolute atomic E-state index is 0.326. The van der Waals surface area contributed by atoms with Gasteiger partial charge in [0.25, 0.3) is 0 Å². The molecule has 0 bridgehead atoms. The molecule has 9 heteroatoms. The number of imidazole rings is 1. The summed E-state index contributed by atoms with van der Waals surface area (Å²) < 4.78 is 7.17. The fourth-order valence-electron chi connectivity index (χ4n) is 2.13. The Hall–Kier alpha value is -2.26. The first-order valence-corrected chi connectivity index (χ1v) is 6.75. The van der Waals surface area contributed by atoms with E-state index in [0.717, 1.165) is 24.5 Å². The molecule has 0 amide bonds. The van der Waals surface area contributed by atoms with Crippen LogP contribution >= 0.6 is 0 Å². The average Bonchev–Trinajstić information content (AvgIpc) is 2.87. The van der Waals surface area contributed by atoms with Crippen molar-refractivity contribution in [2.45, 2.75) is 13.8 Å². The molecule has 3 N–H and O–H groups in total. The third-order valence-corrected chi connectivity index (χ3v) is 3.50. The van der Waals surface area contributed by atoms with Gasteiger partial charge < -0.3 is 9.64 Å². The molecule has 0 saturated carbocycles. The standard InChI is InChI=1S/C12H18N8O/c1-8-9(2)20(7-14-8)12-16-10(18-13)15-11(17-12)19-3-5-21-6-4-19/h7H,3-6,13H2,1-2H3,(H,15,16,17,18). The van der Waals surface area contributed by atoms with Crippen LogP contribution in [0.15, 0.2) is 6.33 Å². The maximum atomic E-state index is 5.47. The van der Waals surface area contributed by atoms with Gasteiger partial charge in [0.2, 0.25) is 17.8 Å². The molecule has 1 saturated heterocycles. The fourth-order valence-corrected chi connectivity index (χ4v) is 2.13. The highest BCUT2D eigenvalue weighted by molar-refractivity contribution is 5.40. The molecule has 0 unspecified atom stereocenters. The van der Waals surface area contributed by atoms with E-state index in [0.29, 0.717) is 31.1 Å². The van der Waals surface area contributed by atoms with Gasteiger partial charge in [-0.25, -0.2) is 10.8 Å². The maximum absolute atomic E-state index is 5.47. The summed E-state index contributed by atoms with van der Waals surface area (Å²) in [5.74, 6) is 6.88. The molecular formula is C12H18N8O. The monoisotopic (exact) mass is 290 g/mol. The van der Waals surface area contributed by atoms with E-state index in [9.17, 15) is 0 Å². The van der Waals surface area contributed by atoms with Crippen molar-refractivity contribution in [1.82, 2.24) is 24.5 Å². The molecule has 1 aliphatic heterocycles. The number of nitrogen functional groups attached to an aromatic ring is 1. The number of nitrogens with one attached hydrogen (secondary N) is 1. The molecule has 0 atom stereocenters.